The van der Waals surface area contributed by atoms with Gasteiger partial charge in [0.25, 0.3) is 0 Å². The minimum atomic E-state index is 0.785. The predicted octanol–water partition coefficient (Wildman–Crippen LogP) is 4.26. The second-order valence-electron chi connectivity index (χ2n) is 7.77. The molecule has 1 saturated heterocycles. The van der Waals surface area contributed by atoms with Crippen LogP contribution in [0.3, 0.4) is 0 Å². The van der Waals surface area contributed by atoms with E-state index in [1.54, 1.807) is 0 Å². The molecule has 2 aromatic rings. The van der Waals surface area contributed by atoms with Crippen LogP contribution in [0.25, 0.3) is 0 Å². The first-order chi connectivity index (χ1) is 12.4. The van der Waals surface area contributed by atoms with Crippen LogP contribution < -0.4 is 0 Å². The Morgan fingerprint density at radius 2 is 1.80 bits per heavy atom. The quantitative estimate of drug-likeness (QED) is 0.789. The van der Waals surface area contributed by atoms with E-state index in [0.29, 0.717) is 0 Å². The van der Waals surface area contributed by atoms with Crippen molar-refractivity contribution in [3.8, 4) is 0 Å². The van der Waals surface area contributed by atoms with Crippen LogP contribution in [-0.2, 0) is 19.4 Å². The number of likely N-dealkylation sites (tertiary alicyclic amines) is 1. The molecule has 0 spiro atoms. The Labute approximate surface area is 150 Å². The third-order valence-corrected chi connectivity index (χ3v) is 5.97. The number of hydrogen-bond acceptors (Lipinski definition) is 4. The number of aryl methyl sites for hydroxylation is 2. The van der Waals surface area contributed by atoms with Crippen LogP contribution in [0.15, 0.2) is 34.9 Å². The van der Waals surface area contributed by atoms with Crippen molar-refractivity contribution in [3.63, 3.8) is 0 Å². The molecule has 1 unspecified atom stereocenters. The molecule has 4 nitrogen and oxygen atoms in total. The lowest BCUT2D eigenvalue weighted by atomic mass is 9.80. The van der Waals surface area contributed by atoms with E-state index in [0.717, 1.165) is 42.9 Å². The lowest BCUT2D eigenvalue weighted by molar-refractivity contribution is 0.220. The van der Waals surface area contributed by atoms with Crippen molar-refractivity contribution < 1.29 is 4.52 Å². The summed E-state index contributed by atoms with van der Waals surface area (Å²) in [6.45, 7) is 3.22. The maximum Gasteiger partial charge on any atom is 0.240 e. The molecule has 0 N–H and O–H groups in total. The monoisotopic (exact) mass is 339 g/mol. The summed E-state index contributed by atoms with van der Waals surface area (Å²) < 4.78 is 5.49. The summed E-state index contributed by atoms with van der Waals surface area (Å²) in [5, 5.41) is 4.17. The molecule has 2 fully saturated rings. The normalized spacial score (nSPS) is 22.5. The minimum Gasteiger partial charge on any atom is -0.338 e. The van der Waals surface area contributed by atoms with Gasteiger partial charge in [-0.1, -0.05) is 67.6 Å². The minimum absolute atomic E-state index is 0.785. The Morgan fingerprint density at radius 3 is 2.64 bits per heavy atom. The number of aromatic nitrogens is 2. The second-order valence-corrected chi connectivity index (χ2v) is 7.77. The van der Waals surface area contributed by atoms with Gasteiger partial charge in [-0.2, -0.15) is 4.98 Å². The summed E-state index contributed by atoms with van der Waals surface area (Å²) in [5.74, 6) is 3.47. The largest absolute Gasteiger partial charge is 0.338 e. The third kappa shape index (κ3) is 4.49. The predicted molar refractivity (Wildman–Crippen MR) is 98.1 cm³/mol. The van der Waals surface area contributed by atoms with E-state index in [2.05, 4.69) is 39.3 Å². The van der Waals surface area contributed by atoms with Gasteiger partial charge in [-0.25, -0.2) is 0 Å². The van der Waals surface area contributed by atoms with Crippen molar-refractivity contribution in [3.05, 3.63) is 47.6 Å². The molecule has 4 heteroatoms. The average molecular weight is 339 g/mol. The van der Waals surface area contributed by atoms with Crippen molar-refractivity contribution in [2.45, 2.75) is 57.9 Å². The van der Waals surface area contributed by atoms with E-state index in [4.69, 9.17) is 4.52 Å². The summed E-state index contributed by atoms with van der Waals surface area (Å²) in [4.78, 5) is 7.11. The summed E-state index contributed by atoms with van der Waals surface area (Å²) >= 11 is 0. The van der Waals surface area contributed by atoms with E-state index in [1.807, 2.05) is 6.07 Å². The highest BCUT2D eigenvalue weighted by atomic mass is 16.5. The zero-order chi connectivity index (χ0) is 16.9. The lowest BCUT2D eigenvalue weighted by Gasteiger charge is -2.27. The zero-order valence-electron chi connectivity index (χ0n) is 15.1. The van der Waals surface area contributed by atoms with Gasteiger partial charge in [-0.3, -0.25) is 4.90 Å². The number of hydrogen-bond donors (Lipinski definition) is 0. The Hall–Kier alpha value is -1.68. The van der Waals surface area contributed by atoms with E-state index < -0.39 is 0 Å². The molecule has 1 saturated carbocycles. The highest BCUT2D eigenvalue weighted by Gasteiger charge is 2.30. The highest BCUT2D eigenvalue weighted by molar-refractivity contribution is 5.15. The van der Waals surface area contributed by atoms with E-state index >= 15 is 0 Å². The van der Waals surface area contributed by atoms with E-state index in [-0.39, 0.29) is 0 Å². The van der Waals surface area contributed by atoms with E-state index in [1.165, 1.54) is 57.2 Å². The van der Waals surface area contributed by atoms with Gasteiger partial charge in [-0.05, 0) is 36.8 Å². The fraction of sp³-hybridized carbons (Fsp3) is 0.619. The number of nitrogens with zero attached hydrogens (tertiary/aromatic N) is 3. The zero-order valence-corrected chi connectivity index (χ0v) is 15.1. The van der Waals surface area contributed by atoms with Crippen LogP contribution in [0.2, 0.25) is 0 Å². The van der Waals surface area contributed by atoms with Crippen molar-refractivity contribution >= 4 is 0 Å². The molecular formula is C21H29N3O. The van der Waals surface area contributed by atoms with Gasteiger partial charge < -0.3 is 4.52 Å². The van der Waals surface area contributed by atoms with Gasteiger partial charge in [0.05, 0.1) is 6.54 Å². The number of rotatable bonds is 6. The van der Waals surface area contributed by atoms with E-state index in [9.17, 15) is 0 Å². The van der Waals surface area contributed by atoms with Gasteiger partial charge >= 0.3 is 0 Å². The average Bonchev–Trinajstić information content (AvgIpc) is 3.32. The Morgan fingerprint density at radius 1 is 0.960 bits per heavy atom. The van der Waals surface area contributed by atoms with Gasteiger partial charge in [0.1, 0.15) is 0 Å². The standard InChI is InChI=1S/C21H29N3O/c1-3-7-17(8-4-1)11-12-20-22-21(25-23-20)16-24-14-13-19(15-24)18-9-5-2-6-10-18/h1,3-4,7-8,18-19H,2,5-6,9-16H2. The molecule has 1 aliphatic carbocycles. The van der Waals surface area contributed by atoms with Crippen LogP contribution >= 0.6 is 0 Å². The van der Waals surface area contributed by atoms with Crippen molar-refractivity contribution in [2.75, 3.05) is 13.1 Å². The smallest absolute Gasteiger partial charge is 0.240 e. The van der Waals surface area contributed by atoms with Crippen molar-refractivity contribution in [2.24, 2.45) is 11.8 Å². The van der Waals surface area contributed by atoms with Gasteiger partial charge in [0, 0.05) is 13.0 Å². The van der Waals surface area contributed by atoms with Crippen LogP contribution in [-0.4, -0.2) is 28.1 Å². The van der Waals surface area contributed by atoms with Gasteiger partial charge in [-0.15, -0.1) is 0 Å². The Balaban J connectivity index is 1.25. The molecule has 2 aliphatic rings. The first-order valence-corrected chi connectivity index (χ1v) is 9.94. The molecule has 2 heterocycles. The van der Waals surface area contributed by atoms with Crippen LogP contribution in [0.4, 0.5) is 0 Å². The first kappa shape index (κ1) is 16.8. The van der Waals surface area contributed by atoms with Gasteiger partial charge in [0.2, 0.25) is 5.89 Å². The topological polar surface area (TPSA) is 42.2 Å². The third-order valence-electron chi connectivity index (χ3n) is 5.97. The molecule has 134 valence electrons. The van der Waals surface area contributed by atoms with Crippen LogP contribution in [0.1, 0.15) is 55.8 Å². The molecule has 1 aromatic carbocycles. The highest BCUT2D eigenvalue weighted by Crippen LogP contribution is 2.35. The maximum absolute atomic E-state index is 5.49. The molecule has 0 radical (unpaired) electrons. The van der Waals surface area contributed by atoms with Crippen molar-refractivity contribution in [1.82, 2.24) is 15.0 Å². The van der Waals surface area contributed by atoms with Gasteiger partial charge in [0.15, 0.2) is 5.82 Å². The molecule has 25 heavy (non-hydrogen) atoms. The Kier molecular flexibility index (Phi) is 5.46. The molecule has 1 aromatic heterocycles. The summed E-state index contributed by atoms with van der Waals surface area (Å²) in [6, 6.07) is 10.5. The molecule has 0 amide bonds. The summed E-state index contributed by atoms with van der Waals surface area (Å²) in [6.07, 6.45) is 10.4. The second kappa shape index (κ2) is 8.13. The fourth-order valence-electron chi connectivity index (χ4n) is 4.54. The molecule has 1 aliphatic heterocycles. The van der Waals surface area contributed by atoms with Crippen LogP contribution in [0.5, 0.6) is 0 Å². The van der Waals surface area contributed by atoms with Crippen LogP contribution in [0, 0.1) is 11.8 Å². The first-order valence-electron chi connectivity index (χ1n) is 9.94. The molecular weight excluding hydrogens is 310 g/mol. The van der Waals surface area contributed by atoms with Crippen molar-refractivity contribution in [1.29, 1.82) is 0 Å². The SMILES string of the molecule is c1ccc(CCc2noc(CN3CCC(C4CCCCC4)C3)n2)cc1. The number of benzene rings is 1. The molecule has 4 rings (SSSR count). The summed E-state index contributed by atoms with van der Waals surface area (Å²) in [5.41, 5.74) is 1.32. The summed E-state index contributed by atoms with van der Waals surface area (Å²) in [7, 11) is 0. The molecule has 0 bridgehead atoms. The fourth-order valence-corrected chi connectivity index (χ4v) is 4.54. The lowest BCUT2D eigenvalue weighted by Crippen LogP contribution is -2.24. The molecule has 1 atom stereocenters. The Bertz CT molecular complexity index is 648. The maximum atomic E-state index is 5.49.